The second kappa shape index (κ2) is 8.73. The Balaban J connectivity index is 2.46. The van der Waals surface area contributed by atoms with E-state index in [0.717, 1.165) is 17.3 Å². The summed E-state index contributed by atoms with van der Waals surface area (Å²) >= 11 is 2.49. The topological polar surface area (TPSA) is 33.2 Å². The van der Waals surface area contributed by atoms with Gasteiger partial charge in [0, 0.05) is 35.7 Å². The lowest BCUT2D eigenvalue weighted by atomic mass is 9.94. The fourth-order valence-electron chi connectivity index (χ4n) is 2.85. The van der Waals surface area contributed by atoms with Crippen molar-refractivity contribution < 1.29 is 18.0 Å². The van der Waals surface area contributed by atoms with Gasteiger partial charge in [0.15, 0.2) is 0 Å². The predicted molar refractivity (Wildman–Crippen MR) is 107 cm³/mol. The molecule has 0 saturated heterocycles. The largest absolute Gasteiger partial charge is 0.415 e. The number of carbonyl (C=O) groups excluding carboxylic acids is 1. The molecule has 1 aromatic rings. The van der Waals surface area contributed by atoms with Crippen molar-refractivity contribution in [2.24, 2.45) is 5.41 Å². The number of halogens is 3. The van der Waals surface area contributed by atoms with Crippen LogP contribution in [0.1, 0.15) is 32.3 Å². The van der Waals surface area contributed by atoms with E-state index in [4.69, 9.17) is 0 Å². The van der Waals surface area contributed by atoms with Gasteiger partial charge in [0.2, 0.25) is 5.91 Å². The van der Waals surface area contributed by atoms with Gasteiger partial charge in [-0.3, -0.25) is 9.78 Å². The number of pyridine rings is 1. The summed E-state index contributed by atoms with van der Waals surface area (Å²) in [6.07, 6.45) is 2.50. The van der Waals surface area contributed by atoms with E-state index in [1.807, 2.05) is 12.3 Å². The first kappa shape index (κ1) is 21.9. The first-order valence-corrected chi connectivity index (χ1v) is 10.6. The quantitative estimate of drug-likeness (QED) is 0.628. The molecular weight excluding hydrogens is 393 g/mol. The molecule has 1 amide bonds. The van der Waals surface area contributed by atoms with E-state index < -0.39 is 17.2 Å². The summed E-state index contributed by atoms with van der Waals surface area (Å²) in [6.45, 7) is 3.52. The number of hydrogen-bond acceptors (Lipinski definition) is 4. The fourth-order valence-corrected chi connectivity index (χ4v) is 4.90. The number of alkyl halides is 3. The van der Waals surface area contributed by atoms with Crippen LogP contribution in [0, 0.1) is 5.41 Å². The average Bonchev–Trinajstić information content (AvgIpc) is 2.84. The number of carbonyl (C=O) groups is 1. The van der Waals surface area contributed by atoms with Crippen LogP contribution in [0.25, 0.3) is 4.91 Å². The molecule has 0 aromatic carbocycles. The first-order chi connectivity index (χ1) is 12.6. The third-order valence-corrected chi connectivity index (χ3v) is 6.52. The summed E-state index contributed by atoms with van der Waals surface area (Å²) in [7, 11) is 1.44. The molecule has 8 heteroatoms. The Kier molecular flexibility index (Phi) is 7.08. The van der Waals surface area contributed by atoms with Crippen molar-refractivity contribution in [2.75, 3.05) is 19.1 Å². The van der Waals surface area contributed by atoms with Crippen molar-refractivity contribution >= 4 is 34.3 Å². The Morgan fingerprint density at radius 2 is 2.07 bits per heavy atom. The van der Waals surface area contributed by atoms with Crippen LogP contribution in [0.4, 0.5) is 13.2 Å². The van der Waals surface area contributed by atoms with Crippen molar-refractivity contribution in [3.63, 3.8) is 0 Å². The van der Waals surface area contributed by atoms with Crippen LogP contribution < -0.4 is 0 Å². The molecule has 0 atom stereocenters. The van der Waals surface area contributed by atoms with E-state index in [9.17, 15) is 18.0 Å². The van der Waals surface area contributed by atoms with Gasteiger partial charge < -0.3 is 4.90 Å². The summed E-state index contributed by atoms with van der Waals surface area (Å²) in [5.74, 6) is 0.203. The molecule has 1 aliphatic heterocycles. The maximum absolute atomic E-state index is 13.7. The van der Waals surface area contributed by atoms with Crippen molar-refractivity contribution in [3.8, 4) is 0 Å². The summed E-state index contributed by atoms with van der Waals surface area (Å²) in [6, 6.07) is 3.55. The number of rotatable bonds is 5. The normalized spacial score (nSPS) is 16.0. The maximum atomic E-state index is 13.7. The Labute approximate surface area is 166 Å². The number of aromatic nitrogens is 1. The molecule has 2 heterocycles. The fraction of sp³-hybridized carbons (Fsp3) is 0.474. The molecule has 0 unspecified atom stereocenters. The molecule has 0 saturated carbocycles. The Morgan fingerprint density at radius 3 is 2.63 bits per heavy atom. The Bertz CT molecular complexity index is 743. The molecule has 0 aliphatic carbocycles. The average molecular weight is 417 g/mol. The van der Waals surface area contributed by atoms with Crippen molar-refractivity contribution in [1.82, 2.24) is 9.88 Å². The molecule has 1 aliphatic rings. The highest BCUT2D eigenvalue weighted by Crippen LogP contribution is 2.46. The third kappa shape index (κ3) is 5.31. The van der Waals surface area contributed by atoms with Gasteiger partial charge in [-0.25, -0.2) is 0 Å². The highest BCUT2D eigenvalue weighted by Gasteiger charge is 2.41. The van der Waals surface area contributed by atoms with Gasteiger partial charge in [-0.05, 0) is 25.2 Å². The molecular formula is C19H23F3N2OS2. The molecule has 0 radical (unpaired) electrons. The molecule has 2 rings (SSSR count). The predicted octanol–water partition coefficient (Wildman–Crippen LogP) is 5.57. The molecule has 3 nitrogen and oxygen atoms in total. The van der Waals surface area contributed by atoms with Crippen LogP contribution in [0.2, 0.25) is 0 Å². The molecule has 0 N–H and O–H groups in total. The molecule has 0 bridgehead atoms. The van der Waals surface area contributed by atoms with E-state index in [1.165, 1.54) is 23.7 Å². The minimum atomic E-state index is -4.49. The highest BCUT2D eigenvalue weighted by molar-refractivity contribution is 8.11. The lowest BCUT2D eigenvalue weighted by molar-refractivity contribution is -0.135. The number of hydrogen-bond donors (Lipinski definition) is 0. The first-order valence-electron chi connectivity index (χ1n) is 8.44. The zero-order valence-electron chi connectivity index (χ0n) is 15.8. The van der Waals surface area contributed by atoms with Crippen LogP contribution >= 0.6 is 23.5 Å². The van der Waals surface area contributed by atoms with Crippen molar-refractivity contribution in [2.45, 2.75) is 32.9 Å². The lowest BCUT2D eigenvalue weighted by Gasteiger charge is -2.31. The van der Waals surface area contributed by atoms with Gasteiger partial charge in [-0.15, -0.1) is 0 Å². The monoisotopic (exact) mass is 416 g/mol. The van der Waals surface area contributed by atoms with Gasteiger partial charge in [-0.2, -0.15) is 24.9 Å². The van der Waals surface area contributed by atoms with Gasteiger partial charge >= 0.3 is 6.18 Å². The van der Waals surface area contributed by atoms with Gasteiger partial charge in [-0.1, -0.05) is 37.8 Å². The van der Waals surface area contributed by atoms with Gasteiger partial charge in [0.05, 0.1) is 16.0 Å². The van der Waals surface area contributed by atoms with Crippen LogP contribution in [-0.4, -0.2) is 41.0 Å². The van der Waals surface area contributed by atoms with Crippen LogP contribution in [0.5, 0.6) is 0 Å². The lowest BCUT2D eigenvalue weighted by Crippen LogP contribution is -2.40. The number of amides is 1. The molecule has 0 fully saturated rings. The minimum Gasteiger partial charge on any atom is -0.309 e. The second-order valence-electron chi connectivity index (χ2n) is 6.91. The number of allylic oxidation sites excluding steroid dienone is 2. The standard InChI is InChI=1S/C19H23F3N2OS2/c1-18(2,12-26-4)17(25)24(3)16-14(19(20,21)22)8-5-9-15(27-16)13-7-6-10-23-11-13/h6-7,9-11H,5,8,12H2,1-4H3. The molecule has 1 aromatic heterocycles. The van der Waals surface area contributed by atoms with E-state index in [2.05, 4.69) is 4.98 Å². The molecule has 27 heavy (non-hydrogen) atoms. The van der Waals surface area contributed by atoms with Crippen LogP contribution in [0.3, 0.4) is 0 Å². The van der Waals surface area contributed by atoms with E-state index >= 15 is 0 Å². The SMILES string of the molecule is CSCC(C)(C)C(=O)N(C)C1=C(C(F)(F)F)CCC=C(c2cccnc2)S1. The van der Waals surface area contributed by atoms with Gasteiger partial charge in [0.1, 0.15) is 0 Å². The third-order valence-electron chi connectivity index (χ3n) is 4.17. The minimum absolute atomic E-state index is 0.0470. The summed E-state index contributed by atoms with van der Waals surface area (Å²) < 4.78 is 41.2. The van der Waals surface area contributed by atoms with Crippen LogP contribution in [0.15, 0.2) is 41.2 Å². The molecule has 148 valence electrons. The van der Waals surface area contributed by atoms with E-state index in [-0.39, 0.29) is 23.8 Å². The second-order valence-corrected chi connectivity index (χ2v) is 8.81. The van der Waals surface area contributed by atoms with E-state index in [1.54, 1.807) is 38.4 Å². The zero-order chi connectivity index (χ0) is 20.2. The maximum Gasteiger partial charge on any atom is 0.415 e. The summed E-state index contributed by atoms with van der Waals surface area (Å²) in [5.41, 5.74) is -0.672. The summed E-state index contributed by atoms with van der Waals surface area (Å²) in [4.78, 5) is 18.9. The van der Waals surface area contributed by atoms with Crippen molar-refractivity contribution in [3.05, 3.63) is 46.8 Å². The Morgan fingerprint density at radius 1 is 1.37 bits per heavy atom. The molecule has 0 spiro atoms. The number of nitrogens with zero attached hydrogens (tertiary/aromatic N) is 2. The number of thioether (sulfide) groups is 2. The zero-order valence-corrected chi connectivity index (χ0v) is 17.4. The smallest absolute Gasteiger partial charge is 0.309 e. The summed E-state index contributed by atoms with van der Waals surface area (Å²) in [5, 5.41) is -0.0470. The van der Waals surface area contributed by atoms with E-state index in [0.29, 0.717) is 10.7 Å². The van der Waals surface area contributed by atoms with Crippen LogP contribution in [-0.2, 0) is 4.79 Å². The van der Waals surface area contributed by atoms with Crippen molar-refractivity contribution in [1.29, 1.82) is 0 Å². The van der Waals surface area contributed by atoms with Gasteiger partial charge in [0.25, 0.3) is 0 Å². The Hall–Kier alpha value is -1.41. The highest BCUT2D eigenvalue weighted by atomic mass is 32.2.